The van der Waals surface area contributed by atoms with Gasteiger partial charge in [0.2, 0.25) is 5.88 Å². The summed E-state index contributed by atoms with van der Waals surface area (Å²) in [5.41, 5.74) is -0.628. The highest BCUT2D eigenvalue weighted by atomic mass is 79.9. The number of ether oxygens (including phenoxy) is 1. The van der Waals surface area contributed by atoms with Crippen molar-refractivity contribution < 1.29 is 14.2 Å². The van der Waals surface area contributed by atoms with Gasteiger partial charge in [0, 0.05) is 12.8 Å². The van der Waals surface area contributed by atoms with Gasteiger partial charge in [-0.25, -0.2) is 9.37 Å². The number of nitrogens with zero attached hydrogens (tertiary/aromatic N) is 1. The van der Waals surface area contributed by atoms with Crippen LogP contribution in [0.4, 0.5) is 4.39 Å². The number of aromatic nitrogens is 1. The van der Waals surface area contributed by atoms with Crippen LogP contribution in [0.1, 0.15) is 19.8 Å². The van der Waals surface area contributed by atoms with Gasteiger partial charge in [-0.2, -0.15) is 0 Å². The largest absolute Gasteiger partial charge is 0.473 e. The molecule has 0 bridgehead atoms. The van der Waals surface area contributed by atoms with Crippen molar-refractivity contribution in [2.24, 2.45) is 0 Å². The topological polar surface area (TPSA) is 42.4 Å². The van der Waals surface area contributed by atoms with Crippen LogP contribution >= 0.6 is 15.9 Å². The molecule has 1 aliphatic carbocycles. The lowest BCUT2D eigenvalue weighted by Crippen LogP contribution is -2.47. The van der Waals surface area contributed by atoms with E-state index in [9.17, 15) is 9.50 Å². The normalized spacial score (nSPS) is 29.7. The summed E-state index contributed by atoms with van der Waals surface area (Å²) in [5, 5.41) is 9.50. The first-order chi connectivity index (χ1) is 6.96. The molecule has 1 aromatic heterocycles. The second-order valence-corrected chi connectivity index (χ2v) is 4.94. The monoisotopic (exact) mass is 275 g/mol. The van der Waals surface area contributed by atoms with Crippen molar-refractivity contribution in [1.29, 1.82) is 0 Å². The predicted molar refractivity (Wildman–Crippen MR) is 56.2 cm³/mol. The molecule has 15 heavy (non-hydrogen) atoms. The van der Waals surface area contributed by atoms with Crippen LogP contribution < -0.4 is 4.74 Å². The summed E-state index contributed by atoms with van der Waals surface area (Å²) in [4.78, 5) is 3.82. The van der Waals surface area contributed by atoms with Crippen LogP contribution in [0.15, 0.2) is 16.7 Å². The minimum absolute atomic E-state index is 0.0331. The molecule has 2 rings (SSSR count). The Balaban J connectivity index is 2.00. The van der Waals surface area contributed by atoms with E-state index in [0.717, 1.165) is 6.20 Å². The molecule has 5 heteroatoms. The van der Waals surface area contributed by atoms with Crippen molar-refractivity contribution in [2.45, 2.75) is 31.5 Å². The molecule has 1 heterocycles. The van der Waals surface area contributed by atoms with Crippen molar-refractivity contribution in [3.8, 4) is 5.88 Å². The second-order valence-electron chi connectivity index (χ2n) is 4.09. The van der Waals surface area contributed by atoms with Crippen molar-refractivity contribution in [1.82, 2.24) is 4.98 Å². The SMILES string of the molecule is CC1(O)CC(Oc2ncc(F)cc2Br)C1. The second kappa shape index (κ2) is 3.72. The van der Waals surface area contributed by atoms with E-state index in [4.69, 9.17) is 4.74 Å². The molecule has 1 saturated carbocycles. The maximum absolute atomic E-state index is 12.7. The first-order valence-electron chi connectivity index (χ1n) is 4.66. The first kappa shape index (κ1) is 10.8. The third-order valence-electron chi connectivity index (χ3n) is 2.39. The Hall–Kier alpha value is -0.680. The Labute approximate surface area is 95.4 Å². The summed E-state index contributed by atoms with van der Waals surface area (Å²) in [6.07, 6.45) is 2.24. The van der Waals surface area contributed by atoms with E-state index in [1.807, 2.05) is 0 Å². The molecule has 0 aromatic carbocycles. The average molecular weight is 276 g/mol. The number of aliphatic hydroxyl groups is 1. The number of rotatable bonds is 2. The van der Waals surface area contributed by atoms with Gasteiger partial charge in [0.05, 0.1) is 16.3 Å². The third-order valence-corrected chi connectivity index (χ3v) is 2.96. The van der Waals surface area contributed by atoms with E-state index in [-0.39, 0.29) is 6.10 Å². The smallest absolute Gasteiger partial charge is 0.228 e. The zero-order valence-corrected chi connectivity index (χ0v) is 9.79. The lowest BCUT2D eigenvalue weighted by atomic mass is 9.79. The molecule has 1 N–H and O–H groups in total. The molecule has 0 amide bonds. The Morgan fingerprint density at radius 2 is 2.33 bits per heavy atom. The zero-order valence-electron chi connectivity index (χ0n) is 8.20. The maximum Gasteiger partial charge on any atom is 0.228 e. The standard InChI is InChI=1S/C10H11BrFNO2/c1-10(14)3-7(4-10)15-9-8(11)2-6(12)5-13-9/h2,5,7,14H,3-4H2,1H3. The molecule has 1 aliphatic rings. The first-order valence-corrected chi connectivity index (χ1v) is 5.46. The number of hydrogen-bond donors (Lipinski definition) is 1. The molecule has 0 aliphatic heterocycles. The molecule has 0 spiro atoms. The van der Waals surface area contributed by atoms with Gasteiger partial charge in [0.15, 0.2) is 0 Å². The van der Waals surface area contributed by atoms with Crippen molar-refractivity contribution in [3.63, 3.8) is 0 Å². The summed E-state index contributed by atoms with van der Waals surface area (Å²) in [6, 6.07) is 1.30. The van der Waals surface area contributed by atoms with Gasteiger partial charge in [0.1, 0.15) is 11.9 Å². The van der Waals surface area contributed by atoms with E-state index in [0.29, 0.717) is 23.2 Å². The highest BCUT2D eigenvalue weighted by Crippen LogP contribution is 2.35. The molecule has 0 radical (unpaired) electrons. The maximum atomic E-state index is 12.7. The van der Waals surface area contributed by atoms with Crippen LogP contribution in [-0.4, -0.2) is 21.8 Å². The van der Waals surface area contributed by atoms with E-state index in [1.54, 1.807) is 6.92 Å². The molecular formula is C10H11BrFNO2. The van der Waals surface area contributed by atoms with Crippen LogP contribution in [0.2, 0.25) is 0 Å². The summed E-state index contributed by atoms with van der Waals surface area (Å²) < 4.78 is 18.7. The lowest BCUT2D eigenvalue weighted by Gasteiger charge is -2.40. The van der Waals surface area contributed by atoms with Gasteiger partial charge >= 0.3 is 0 Å². The number of halogens is 2. The van der Waals surface area contributed by atoms with Crippen LogP contribution in [0.25, 0.3) is 0 Å². The van der Waals surface area contributed by atoms with Crippen LogP contribution in [0.3, 0.4) is 0 Å². The Bertz CT molecular complexity index is 376. The van der Waals surface area contributed by atoms with Crippen molar-refractivity contribution in [2.75, 3.05) is 0 Å². The highest BCUT2D eigenvalue weighted by Gasteiger charge is 2.40. The van der Waals surface area contributed by atoms with Gasteiger partial charge in [-0.3, -0.25) is 0 Å². The fourth-order valence-corrected chi connectivity index (χ4v) is 2.07. The Morgan fingerprint density at radius 1 is 1.67 bits per heavy atom. The predicted octanol–water partition coefficient (Wildman–Crippen LogP) is 2.28. The molecule has 0 atom stereocenters. The Morgan fingerprint density at radius 3 is 2.87 bits per heavy atom. The van der Waals surface area contributed by atoms with Crippen molar-refractivity contribution >= 4 is 15.9 Å². The fraction of sp³-hybridized carbons (Fsp3) is 0.500. The molecule has 0 unspecified atom stereocenters. The number of pyridine rings is 1. The van der Waals surface area contributed by atoms with E-state index in [1.165, 1.54) is 6.07 Å². The van der Waals surface area contributed by atoms with E-state index >= 15 is 0 Å². The zero-order chi connectivity index (χ0) is 11.1. The third kappa shape index (κ3) is 2.46. The fourth-order valence-electron chi connectivity index (χ4n) is 1.65. The summed E-state index contributed by atoms with van der Waals surface area (Å²) in [5.74, 6) is -0.0354. The molecule has 1 fully saturated rings. The summed E-state index contributed by atoms with van der Waals surface area (Å²) >= 11 is 3.17. The lowest BCUT2D eigenvalue weighted by molar-refractivity contribution is -0.0905. The van der Waals surface area contributed by atoms with E-state index < -0.39 is 11.4 Å². The van der Waals surface area contributed by atoms with Gasteiger partial charge in [-0.05, 0) is 28.9 Å². The summed E-state index contributed by atoms with van der Waals surface area (Å²) in [7, 11) is 0. The molecule has 1 aromatic rings. The molecule has 3 nitrogen and oxygen atoms in total. The quantitative estimate of drug-likeness (QED) is 0.901. The van der Waals surface area contributed by atoms with Crippen molar-refractivity contribution in [3.05, 3.63) is 22.6 Å². The van der Waals surface area contributed by atoms with Gasteiger partial charge in [0.25, 0.3) is 0 Å². The highest BCUT2D eigenvalue weighted by molar-refractivity contribution is 9.10. The van der Waals surface area contributed by atoms with Crippen LogP contribution in [0.5, 0.6) is 5.88 Å². The Kier molecular flexibility index (Phi) is 2.68. The van der Waals surface area contributed by atoms with E-state index in [2.05, 4.69) is 20.9 Å². The molecule has 0 saturated heterocycles. The minimum atomic E-state index is -0.628. The minimum Gasteiger partial charge on any atom is -0.473 e. The molecular weight excluding hydrogens is 265 g/mol. The van der Waals surface area contributed by atoms with Crippen LogP contribution in [0, 0.1) is 5.82 Å². The summed E-state index contributed by atoms with van der Waals surface area (Å²) in [6.45, 7) is 1.76. The van der Waals surface area contributed by atoms with Gasteiger partial charge in [-0.15, -0.1) is 0 Å². The van der Waals surface area contributed by atoms with Crippen LogP contribution in [-0.2, 0) is 0 Å². The molecule has 82 valence electrons. The van der Waals surface area contributed by atoms with Gasteiger partial charge < -0.3 is 9.84 Å². The van der Waals surface area contributed by atoms with Gasteiger partial charge in [-0.1, -0.05) is 0 Å². The average Bonchev–Trinajstić information content (AvgIpc) is 2.06. The number of hydrogen-bond acceptors (Lipinski definition) is 3.